The third-order valence-electron chi connectivity index (χ3n) is 2.48. The van der Waals surface area contributed by atoms with Crippen LogP contribution in [0.3, 0.4) is 0 Å². The minimum absolute atomic E-state index is 0.0245. The molecule has 5 heteroatoms. The molecule has 0 aromatic heterocycles. The third-order valence-corrected chi connectivity index (χ3v) is 2.48. The molecular weight excluding hydrogens is 232 g/mol. The van der Waals surface area contributed by atoms with Crippen molar-refractivity contribution in [3.05, 3.63) is 29.8 Å². The first kappa shape index (κ1) is 14.5. The number of para-hydroxylation sites is 1. The van der Waals surface area contributed by atoms with E-state index >= 15 is 0 Å². The minimum atomic E-state index is -0.165. The van der Waals surface area contributed by atoms with Crippen LogP contribution in [0.15, 0.2) is 24.3 Å². The Hall–Kier alpha value is -1.59. The van der Waals surface area contributed by atoms with Crippen molar-refractivity contribution >= 4 is 5.91 Å². The third kappa shape index (κ3) is 4.35. The van der Waals surface area contributed by atoms with Gasteiger partial charge >= 0.3 is 0 Å². The van der Waals surface area contributed by atoms with E-state index in [-0.39, 0.29) is 18.6 Å². The number of hydrogen-bond donors (Lipinski definition) is 2. The molecule has 0 spiro atoms. The second-order valence-electron chi connectivity index (χ2n) is 3.87. The molecule has 0 saturated carbocycles. The Kier molecular flexibility index (Phi) is 6.18. The largest absolute Gasteiger partial charge is 0.496 e. The van der Waals surface area contributed by atoms with Crippen molar-refractivity contribution in [2.75, 3.05) is 26.9 Å². The Morgan fingerprint density at radius 3 is 2.83 bits per heavy atom. The molecule has 5 nitrogen and oxygen atoms in total. The van der Waals surface area contributed by atoms with Gasteiger partial charge in [0.1, 0.15) is 12.4 Å². The fourth-order valence-electron chi connectivity index (χ4n) is 1.63. The fraction of sp³-hybridized carbons (Fsp3) is 0.462. The average molecular weight is 252 g/mol. The maximum atomic E-state index is 11.6. The molecule has 100 valence electrons. The molecule has 0 heterocycles. The molecule has 0 bridgehead atoms. The summed E-state index contributed by atoms with van der Waals surface area (Å²) in [6.07, 6.45) is 0. The molecule has 0 aliphatic heterocycles. The summed E-state index contributed by atoms with van der Waals surface area (Å²) < 4.78 is 10.3. The molecule has 1 aromatic rings. The maximum Gasteiger partial charge on any atom is 0.246 e. The highest BCUT2D eigenvalue weighted by atomic mass is 16.5. The van der Waals surface area contributed by atoms with Gasteiger partial charge in [-0.25, -0.2) is 0 Å². The van der Waals surface area contributed by atoms with E-state index in [0.717, 1.165) is 11.3 Å². The monoisotopic (exact) mass is 252 g/mol. The highest BCUT2D eigenvalue weighted by molar-refractivity contribution is 5.77. The van der Waals surface area contributed by atoms with Crippen molar-refractivity contribution in [1.29, 1.82) is 0 Å². The number of ether oxygens (including phenoxy) is 2. The van der Waals surface area contributed by atoms with Gasteiger partial charge < -0.3 is 20.5 Å². The van der Waals surface area contributed by atoms with E-state index in [9.17, 15) is 4.79 Å². The van der Waals surface area contributed by atoms with E-state index in [2.05, 4.69) is 5.32 Å². The SMILES string of the molecule is COc1ccccc1C(C)NC(=O)COCCN. The number of rotatable bonds is 7. The minimum Gasteiger partial charge on any atom is -0.496 e. The lowest BCUT2D eigenvalue weighted by atomic mass is 10.1. The van der Waals surface area contributed by atoms with Gasteiger partial charge in [0.25, 0.3) is 0 Å². The molecule has 1 unspecified atom stereocenters. The van der Waals surface area contributed by atoms with Crippen molar-refractivity contribution in [3.8, 4) is 5.75 Å². The van der Waals surface area contributed by atoms with Crippen LogP contribution in [0, 0.1) is 0 Å². The zero-order valence-corrected chi connectivity index (χ0v) is 10.8. The molecule has 18 heavy (non-hydrogen) atoms. The number of amides is 1. The van der Waals surface area contributed by atoms with Gasteiger partial charge in [0.15, 0.2) is 0 Å². The van der Waals surface area contributed by atoms with Crippen molar-refractivity contribution in [2.24, 2.45) is 5.73 Å². The van der Waals surface area contributed by atoms with Gasteiger partial charge in [-0.1, -0.05) is 18.2 Å². The van der Waals surface area contributed by atoms with Crippen LogP contribution >= 0.6 is 0 Å². The van der Waals surface area contributed by atoms with Gasteiger partial charge in [-0.05, 0) is 13.0 Å². The van der Waals surface area contributed by atoms with Gasteiger partial charge in [0, 0.05) is 12.1 Å². The number of nitrogens with one attached hydrogen (secondary N) is 1. The average Bonchev–Trinajstić information content (AvgIpc) is 2.39. The summed E-state index contributed by atoms with van der Waals surface area (Å²) in [6.45, 7) is 2.72. The first-order valence-corrected chi connectivity index (χ1v) is 5.89. The highest BCUT2D eigenvalue weighted by Gasteiger charge is 2.13. The molecule has 1 amide bonds. The topological polar surface area (TPSA) is 73.6 Å². The zero-order chi connectivity index (χ0) is 13.4. The Labute approximate surface area is 107 Å². The summed E-state index contributed by atoms with van der Waals surface area (Å²) in [5.74, 6) is 0.593. The number of methoxy groups -OCH3 is 1. The van der Waals surface area contributed by atoms with Crippen LogP contribution in [0.5, 0.6) is 5.75 Å². The van der Waals surface area contributed by atoms with Gasteiger partial charge in [-0.3, -0.25) is 4.79 Å². The molecule has 0 aliphatic carbocycles. The van der Waals surface area contributed by atoms with Gasteiger partial charge in [0.05, 0.1) is 19.8 Å². The Morgan fingerprint density at radius 1 is 1.44 bits per heavy atom. The second-order valence-corrected chi connectivity index (χ2v) is 3.87. The van der Waals surface area contributed by atoms with Crippen molar-refractivity contribution in [3.63, 3.8) is 0 Å². The van der Waals surface area contributed by atoms with E-state index in [1.54, 1.807) is 7.11 Å². The Bertz CT molecular complexity index is 382. The van der Waals surface area contributed by atoms with Crippen LogP contribution in [0.2, 0.25) is 0 Å². The lowest BCUT2D eigenvalue weighted by Crippen LogP contribution is -2.31. The highest BCUT2D eigenvalue weighted by Crippen LogP contribution is 2.23. The summed E-state index contributed by atoms with van der Waals surface area (Å²) in [7, 11) is 1.61. The fourth-order valence-corrected chi connectivity index (χ4v) is 1.63. The van der Waals surface area contributed by atoms with E-state index < -0.39 is 0 Å². The van der Waals surface area contributed by atoms with Crippen LogP contribution < -0.4 is 15.8 Å². The molecule has 0 saturated heterocycles. The molecule has 1 rings (SSSR count). The lowest BCUT2D eigenvalue weighted by Gasteiger charge is -2.17. The number of benzene rings is 1. The Balaban J connectivity index is 2.53. The summed E-state index contributed by atoms with van der Waals surface area (Å²) in [5.41, 5.74) is 6.21. The second kappa shape index (κ2) is 7.68. The van der Waals surface area contributed by atoms with Gasteiger partial charge in [0.2, 0.25) is 5.91 Å². The summed E-state index contributed by atoms with van der Waals surface area (Å²) in [4.78, 5) is 11.6. The number of carbonyl (C=O) groups excluding carboxylic acids is 1. The standard InChI is InChI=1S/C13H20N2O3/c1-10(15-13(16)9-18-8-7-14)11-5-3-4-6-12(11)17-2/h3-6,10H,7-9,14H2,1-2H3,(H,15,16). The van der Waals surface area contributed by atoms with Gasteiger partial charge in [-0.15, -0.1) is 0 Å². The lowest BCUT2D eigenvalue weighted by molar-refractivity contribution is -0.126. The van der Waals surface area contributed by atoms with E-state index in [4.69, 9.17) is 15.2 Å². The van der Waals surface area contributed by atoms with E-state index in [0.29, 0.717) is 13.2 Å². The maximum absolute atomic E-state index is 11.6. The van der Waals surface area contributed by atoms with Crippen LogP contribution in [-0.2, 0) is 9.53 Å². The number of carbonyl (C=O) groups is 1. The molecule has 1 atom stereocenters. The molecule has 0 radical (unpaired) electrons. The van der Waals surface area contributed by atoms with Crippen LogP contribution in [0.4, 0.5) is 0 Å². The predicted octanol–water partition coefficient (Wildman–Crippen LogP) is 0.848. The molecular formula is C13H20N2O3. The normalized spacial score (nSPS) is 11.9. The molecule has 1 aromatic carbocycles. The van der Waals surface area contributed by atoms with Crippen molar-refractivity contribution in [1.82, 2.24) is 5.32 Å². The van der Waals surface area contributed by atoms with Crippen LogP contribution in [0.25, 0.3) is 0 Å². The van der Waals surface area contributed by atoms with Crippen molar-refractivity contribution < 1.29 is 14.3 Å². The van der Waals surface area contributed by atoms with E-state index in [1.165, 1.54) is 0 Å². The Morgan fingerprint density at radius 2 is 2.17 bits per heavy atom. The first-order valence-electron chi connectivity index (χ1n) is 5.89. The predicted molar refractivity (Wildman–Crippen MR) is 69.4 cm³/mol. The number of hydrogen-bond acceptors (Lipinski definition) is 4. The van der Waals surface area contributed by atoms with Crippen LogP contribution in [0.1, 0.15) is 18.5 Å². The summed E-state index contributed by atoms with van der Waals surface area (Å²) >= 11 is 0. The van der Waals surface area contributed by atoms with E-state index in [1.807, 2.05) is 31.2 Å². The van der Waals surface area contributed by atoms with Gasteiger partial charge in [-0.2, -0.15) is 0 Å². The molecule has 0 aliphatic rings. The molecule has 0 fully saturated rings. The quantitative estimate of drug-likeness (QED) is 0.705. The number of nitrogens with two attached hydrogens (primary N) is 1. The first-order chi connectivity index (χ1) is 8.69. The van der Waals surface area contributed by atoms with Crippen LogP contribution in [-0.4, -0.2) is 32.8 Å². The smallest absolute Gasteiger partial charge is 0.246 e. The summed E-state index contributed by atoms with van der Waals surface area (Å²) in [6, 6.07) is 7.45. The van der Waals surface area contributed by atoms with Crippen molar-refractivity contribution in [2.45, 2.75) is 13.0 Å². The summed E-state index contributed by atoms with van der Waals surface area (Å²) in [5, 5.41) is 2.85. The molecule has 3 N–H and O–H groups in total. The zero-order valence-electron chi connectivity index (χ0n) is 10.8.